The Labute approximate surface area is 93.3 Å². The van der Waals surface area contributed by atoms with Crippen molar-refractivity contribution in [3.63, 3.8) is 0 Å². The van der Waals surface area contributed by atoms with Crippen molar-refractivity contribution < 1.29 is 9.84 Å². The summed E-state index contributed by atoms with van der Waals surface area (Å²) in [5, 5.41) is 9.91. The van der Waals surface area contributed by atoms with E-state index >= 15 is 0 Å². The summed E-state index contributed by atoms with van der Waals surface area (Å²) in [5.41, 5.74) is 0.224. The van der Waals surface area contributed by atoms with Crippen molar-refractivity contribution in [2.45, 2.75) is 10.5 Å². The van der Waals surface area contributed by atoms with Gasteiger partial charge in [-0.05, 0) is 17.7 Å². The second kappa shape index (κ2) is 3.76. The number of hydrogen-bond donors (Lipinski definition) is 1. The molecule has 0 bridgehead atoms. The monoisotopic (exact) mass is 308 g/mol. The summed E-state index contributed by atoms with van der Waals surface area (Å²) in [7, 11) is 1.67. The van der Waals surface area contributed by atoms with Gasteiger partial charge in [0.1, 0.15) is 5.60 Å². The maximum absolute atomic E-state index is 9.91. The molecule has 0 atom stereocenters. The second-order valence-corrected chi connectivity index (χ2v) is 5.07. The van der Waals surface area contributed by atoms with Crippen molar-refractivity contribution in [2.75, 3.05) is 13.2 Å². The smallest absolute Gasteiger partial charge is 0.136 e. The molecule has 0 aromatic heterocycles. The van der Waals surface area contributed by atoms with E-state index in [9.17, 15) is 5.11 Å². The third-order valence-electron chi connectivity index (χ3n) is 2.16. The van der Waals surface area contributed by atoms with Crippen LogP contribution in [0, 0.1) is 0 Å². The fourth-order valence-corrected chi connectivity index (χ4v) is 2.40. The molecule has 2 rings (SSSR count). The molecular formula is C9H9IO2S. The minimum atomic E-state index is -0.728. The zero-order valence-corrected chi connectivity index (χ0v) is 9.84. The summed E-state index contributed by atoms with van der Waals surface area (Å²) < 4.78 is 4.99. The Kier molecular flexibility index (Phi) is 2.83. The summed E-state index contributed by atoms with van der Waals surface area (Å²) >= 11 is 2.24. The first-order valence-electron chi connectivity index (χ1n) is 3.94. The predicted octanol–water partition coefficient (Wildman–Crippen LogP) is 2.35. The Morgan fingerprint density at radius 3 is 2.31 bits per heavy atom. The van der Waals surface area contributed by atoms with E-state index in [2.05, 4.69) is 21.2 Å². The van der Waals surface area contributed by atoms with Crippen LogP contribution in [0.3, 0.4) is 0 Å². The molecule has 1 aliphatic heterocycles. The standard InChI is InChI=1S/C9H9IO2S/c10-13-8-3-1-7(2-4-8)9(11)5-12-6-9/h1-4,11H,5-6H2. The van der Waals surface area contributed by atoms with E-state index in [1.54, 1.807) is 8.93 Å². The zero-order chi connectivity index (χ0) is 9.31. The van der Waals surface area contributed by atoms with E-state index in [1.165, 1.54) is 4.90 Å². The third-order valence-corrected chi connectivity index (χ3v) is 4.14. The topological polar surface area (TPSA) is 29.5 Å². The van der Waals surface area contributed by atoms with Crippen LogP contribution in [-0.4, -0.2) is 18.3 Å². The average molecular weight is 308 g/mol. The number of benzene rings is 1. The lowest BCUT2D eigenvalue weighted by molar-refractivity contribution is -0.184. The van der Waals surface area contributed by atoms with Gasteiger partial charge in [0.2, 0.25) is 0 Å². The van der Waals surface area contributed by atoms with Crippen molar-refractivity contribution in [2.24, 2.45) is 0 Å². The molecule has 2 nitrogen and oxygen atoms in total. The molecule has 1 fully saturated rings. The Morgan fingerprint density at radius 2 is 1.92 bits per heavy atom. The fourth-order valence-electron chi connectivity index (χ4n) is 1.28. The van der Waals surface area contributed by atoms with Gasteiger partial charge in [-0.15, -0.1) is 0 Å². The quantitative estimate of drug-likeness (QED) is 0.851. The molecule has 0 spiro atoms. The van der Waals surface area contributed by atoms with Gasteiger partial charge in [0, 0.05) is 26.1 Å². The molecular weight excluding hydrogens is 299 g/mol. The van der Waals surface area contributed by atoms with Crippen molar-refractivity contribution in [1.82, 2.24) is 0 Å². The van der Waals surface area contributed by atoms with Crippen molar-refractivity contribution in [3.8, 4) is 0 Å². The molecule has 0 amide bonds. The molecule has 1 saturated heterocycles. The maximum atomic E-state index is 9.91. The highest BCUT2D eigenvalue weighted by atomic mass is 127. The van der Waals surface area contributed by atoms with Crippen LogP contribution in [-0.2, 0) is 10.3 Å². The molecule has 1 aromatic carbocycles. The molecule has 1 heterocycles. The van der Waals surface area contributed by atoms with Gasteiger partial charge in [-0.1, -0.05) is 21.1 Å². The van der Waals surface area contributed by atoms with Crippen LogP contribution in [0.25, 0.3) is 0 Å². The SMILES string of the molecule is OC1(c2ccc(SI)cc2)COC1. The van der Waals surface area contributed by atoms with Crippen LogP contribution in [0.2, 0.25) is 0 Å². The fraction of sp³-hybridized carbons (Fsp3) is 0.333. The maximum Gasteiger partial charge on any atom is 0.136 e. The number of halogens is 1. The Morgan fingerprint density at radius 1 is 1.31 bits per heavy atom. The van der Waals surface area contributed by atoms with Gasteiger partial charge in [-0.3, -0.25) is 0 Å². The van der Waals surface area contributed by atoms with Crippen LogP contribution in [0.15, 0.2) is 29.2 Å². The van der Waals surface area contributed by atoms with Crippen LogP contribution >= 0.6 is 30.1 Å². The summed E-state index contributed by atoms with van der Waals surface area (Å²) in [6.45, 7) is 0.841. The van der Waals surface area contributed by atoms with E-state index in [4.69, 9.17) is 4.74 Å². The molecule has 0 saturated carbocycles. The molecule has 70 valence electrons. The molecule has 4 heteroatoms. The largest absolute Gasteiger partial charge is 0.380 e. The number of hydrogen-bond acceptors (Lipinski definition) is 3. The second-order valence-electron chi connectivity index (χ2n) is 3.13. The first-order chi connectivity index (χ1) is 6.24. The summed E-state index contributed by atoms with van der Waals surface area (Å²) in [5.74, 6) is 0. The van der Waals surface area contributed by atoms with Crippen LogP contribution in [0.1, 0.15) is 5.56 Å². The lowest BCUT2D eigenvalue weighted by Gasteiger charge is -2.36. The lowest BCUT2D eigenvalue weighted by atomic mass is 9.92. The molecule has 1 aliphatic rings. The first-order valence-corrected chi connectivity index (χ1v) is 7.30. The molecule has 0 radical (unpaired) electrons. The molecule has 13 heavy (non-hydrogen) atoms. The minimum Gasteiger partial charge on any atom is -0.380 e. The molecule has 1 N–H and O–H groups in total. The highest BCUT2D eigenvalue weighted by Crippen LogP contribution is 2.31. The zero-order valence-electron chi connectivity index (χ0n) is 6.87. The van der Waals surface area contributed by atoms with Crippen LogP contribution < -0.4 is 0 Å². The molecule has 1 aromatic rings. The van der Waals surface area contributed by atoms with Crippen LogP contribution in [0.5, 0.6) is 0 Å². The van der Waals surface area contributed by atoms with Crippen molar-refractivity contribution >= 4 is 30.1 Å². The van der Waals surface area contributed by atoms with Gasteiger partial charge in [0.25, 0.3) is 0 Å². The van der Waals surface area contributed by atoms with E-state index in [-0.39, 0.29) is 0 Å². The van der Waals surface area contributed by atoms with Gasteiger partial charge in [-0.25, -0.2) is 0 Å². The Hall–Kier alpha value is 0.220. The van der Waals surface area contributed by atoms with E-state index in [0.717, 1.165) is 5.56 Å². The highest BCUT2D eigenvalue weighted by Gasteiger charge is 2.37. The highest BCUT2D eigenvalue weighted by molar-refractivity contribution is 14.2. The van der Waals surface area contributed by atoms with Gasteiger partial charge >= 0.3 is 0 Å². The molecule has 0 unspecified atom stereocenters. The average Bonchev–Trinajstić information content (AvgIpc) is 2.14. The van der Waals surface area contributed by atoms with E-state index in [0.29, 0.717) is 13.2 Å². The Balaban J connectivity index is 2.22. The lowest BCUT2D eigenvalue weighted by Crippen LogP contribution is -2.46. The van der Waals surface area contributed by atoms with E-state index < -0.39 is 5.60 Å². The van der Waals surface area contributed by atoms with Gasteiger partial charge in [0.15, 0.2) is 0 Å². The molecule has 0 aliphatic carbocycles. The first kappa shape index (κ1) is 9.76. The number of aliphatic hydroxyl groups is 1. The Bertz CT molecular complexity index is 295. The van der Waals surface area contributed by atoms with Gasteiger partial charge in [-0.2, -0.15) is 0 Å². The van der Waals surface area contributed by atoms with E-state index in [1.807, 2.05) is 24.3 Å². The summed E-state index contributed by atoms with van der Waals surface area (Å²) in [4.78, 5) is 1.20. The normalized spacial score (nSPS) is 19.5. The van der Waals surface area contributed by atoms with Crippen molar-refractivity contribution in [1.29, 1.82) is 0 Å². The number of ether oxygens (including phenoxy) is 1. The predicted molar refractivity (Wildman–Crippen MR) is 61.0 cm³/mol. The minimum absolute atomic E-state index is 0.420. The van der Waals surface area contributed by atoms with Crippen LogP contribution in [0.4, 0.5) is 0 Å². The van der Waals surface area contributed by atoms with Gasteiger partial charge < -0.3 is 9.84 Å². The van der Waals surface area contributed by atoms with Crippen molar-refractivity contribution in [3.05, 3.63) is 29.8 Å². The third kappa shape index (κ3) is 1.86. The van der Waals surface area contributed by atoms with Gasteiger partial charge in [0.05, 0.1) is 13.2 Å². The summed E-state index contributed by atoms with van der Waals surface area (Å²) in [6.07, 6.45) is 0. The summed E-state index contributed by atoms with van der Waals surface area (Å²) in [6, 6.07) is 7.96. The number of rotatable bonds is 2.